The molecule has 0 spiro atoms. The fraction of sp³-hybridized carbons (Fsp3) is 0.0909. The van der Waals surface area contributed by atoms with Crippen molar-refractivity contribution < 1.29 is 4.42 Å². The summed E-state index contributed by atoms with van der Waals surface area (Å²) in [5.74, 6) is 1.00. The normalized spacial score (nSPS) is 12.0. The summed E-state index contributed by atoms with van der Waals surface area (Å²) in [4.78, 5) is 2.33. The molecule has 0 saturated carbocycles. The van der Waals surface area contributed by atoms with Crippen molar-refractivity contribution in [2.75, 3.05) is 4.90 Å². The van der Waals surface area contributed by atoms with Crippen LogP contribution in [0, 0.1) is 5.41 Å². The van der Waals surface area contributed by atoms with Crippen molar-refractivity contribution in [1.29, 1.82) is 0 Å². The van der Waals surface area contributed by atoms with Crippen LogP contribution in [0.25, 0.3) is 85.1 Å². The Kier molecular flexibility index (Phi) is 12.9. The molecule has 0 aliphatic heterocycles. The van der Waals surface area contributed by atoms with Gasteiger partial charge in [-0.05, 0) is 157 Å². The molecule has 10 aromatic rings. The van der Waals surface area contributed by atoms with Crippen LogP contribution in [-0.4, -0.2) is 10.2 Å². The summed E-state index contributed by atoms with van der Waals surface area (Å²) < 4.78 is 6.11. The molecule has 10 rings (SSSR count). The zero-order chi connectivity index (χ0) is 48.0. The number of nitrogens with zero attached hydrogens (tertiary/aromatic N) is 3. The summed E-state index contributed by atoms with van der Waals surface area (Å²) >= 11 is 0. The van der Waals surface area contributed by atoms with E-state index in [1.54, 1.807) is 0 Å². The first-order valence-corrected chi connectivity index (χ1v) is 24.0. The summed E-state index contributed by atoms with van der Waals surface area (Å²) in [5, 5.41) is 11.1. The first-order valence-electron chi connectivity index (χ1n) is 24.0. The van der Waals surface area contributed by atoms with Crippen LogP contribution in [0.3, 0.4) is 0 Å². The van der Waals surface area contributed by atoms with Crippen molar-refractivity contribution in [3.8, 4) is 67.4 Å². The Morgan fingerprint density at radius 2 is 0.929 bits per heavy atom. The van der Waals surface area contributed by atoms with Crippen LogP contribution in [0.15, 0.2) is 235 Å². The molecule has 9 aromatic carbocycles. The second-order valence-electron chi connectivity index (χ2n) is 18.9. The number of allylic oxidation sites excluding steroid dienone is 1. The van der Waals surface area contributed by atoms with E-state index in [-0.39, 0.29) is 5.41 Å². The van der Waals surface area contributed by atoms with Gasteiger partial charge in [-0.25, -0.2) is 0 Å². The van der Waals surface area contributed by atoms with Gasteiger partial charge in [-0.15, -0.1) is 10.2 Å². The fourth-order valence-electron chi connectivity index (χ4n) is 9.34. The van der Waals surface area contributed by atoms with Gasteiger partial charge >= 0.3 is 0 Å². The molecule has 4 nitrogen and oxygen atoms in total. The molecule has 0 aliphatic rings. The smallest absolute Gasteiger partial charge is 0.248 e. The van der Waals surface area contributed by atoms with E-state index in [1.807, 2.05) is 30.3 Å². The topological polar surface area (TPSA) is 42.2 Å². The molecule has 0 unspecified atom stereocenters. The predicted molar refractivity (Wildman–Crippen MR) is 294 cm³/mol. The van der Waals surface area contributed by atoms with E-state index in [4.69, 9.17) is 4.42 Å². The van der Waals surface area contributed by atoms with Crippen molar-refractivity contribution >= 4 is 34.8 Å². The first kappa shape index (κ1) is 45.2. The van der Waals surface area contributed by atoms with Crippen molar-refractivity contribution in [3.63, 3.8) is 0 Å². The summed E-state index contributed by atoms with van der Waals surface area (Å²) in [6.45, 7) is 13.4. The van der Waals surface area contributed by atoms with Gasteiger partial charge < -0.3 is 9.32 Å². The Bertz CT molecular complexity index is 3530. The lowest BCUT2D eigenvalue weighted by Crippen LogP contribution is -2.23. The number of para-hydroxylation sites is 1. The standard InChI is InChI=1S/C66H55N3O/c1-6-47-18-13-14-21-55(47)44-46(2)48-28-30-49(31-29-48)50-36-40-58(41-37-50)69(57-23-11-8-12-24-57)59-42-38-52(39-43-59)63-56(45-66(3,4)5)22-17-27-62(63)61-26-16-15-25-60(61)51-32-34-54(35-33-51)65-68-67-64(70-65)53-19-9-7-10-20-53/h6-44H,2,45H2,1,3-5H3. The van der Waals surface area contributed by atoms with Crippen molar-refractivity contribution in [1.82, 2.24) is 10.2 Å². The van der Waals surface area contributed by atoms with Gasteiger partial charge in [0.05, 0.1) is 0 Å². The molecule has 0 N–H and O–H groups in total. The average molecular weight is 906 g/mol. The average Bonchev–Trinajstić information content (AvgIpc) is 3.90. The molecule has 0 fully saturated rings. The highest BCUT2D eigenvalue weighted by atomic mass is 16.4. The highest BCUT2D eigenvalue weighted by Gasteiger charge is 2.21. The Morgan fingerprint density at radius 1 is 0.457 bits per heavy atom. The van der Waals surface area contributed by atoms with Gasteiger partial charge in [0.25, 0.3) is 0 Å². The second-order valence-corrected chi connectivity index (χ2v) is 18.9. The van der Waals surface area contributed by atoms with Crippen LogP contribution in [0.2, 0.25) is 0 Å². The van der Waals surface area contributed by atoms with Crippen LogP contribution in [0.4, 0.5) is 17.1 Å². The number of benzene rings is 9. The molecule has 4 heteroatoms. The van der Waals surface area contributed by atoms with Gasteiger partial charge in [0.15, 0.2) is 0 Å². The number of hydrogen-bond donors (Lipinski definition) is 0. The van der Waals surface area contributed by atoms with Gasteiger partial charge in [-0.3, -0.25) is 0 Å². The quantitative estimate of drug-likeness (QED) is 0.122. The highest BCUT2D eigenvalue weighted by molar-refractivity contribution is 5.94. The Labute approximate surface area is 411 Å². The van der Waals surface area contributed by atoms with Gasteiger partial charge in [-0.1, -0.05) is 197 Å². The molecule has 1 heterocycles. The molecule has 0 saturated heterocycles. The fourth-order valence-corrected chi connectivity index (χ4v) is 9.34. The van der Waals surface area contributed by atoms with Crippen molar-refractivity contribution in [2.24, 2.45) is 5.41 Å². The molecule has 70 heavy (non-hydrogen) atoms. The van der Waals surface area contributed by atoms with Gasteiger partial charge in [0, 0.05) is 28.2 Å². The van der Waals surface area contributed by atoms with Crippen molar-refractivity contribution in [2.45, 2.75) is 34.1 Å². The van der Waals surface area contributed by atoms with E-state index in [0.29, 0.717) is 11.8 Å². The summed E-state index contributed by atoms with van der Waals surface area (Å²) in [6.07, 6.45) is 5.22. The third-order valence-corrected chi connectivity index (χ3v) is 12.8. The predicted octanol–water partition coefficient (Wildman–Crippen LogP) is 16.4. The SMILES string of the molecule is C=C(C=c1ccccc1=CC)c1ccc(-c2ccc(N(c3ccccc3)c3ccc(-c4c(CC(C)(C)C)cccc4-c4ccccc4-c4ccc(-c5nnc(-c6ccccc6)o5)cc4)cc3)cc2)cc1. The molecule has 0 bridgehead atoms. The van der Waals surface area contributed by atoms with E-state index in [9.17, 15) is 0 Å². The maximum Gasteiger partial charge on any atom is 0.248 e. The summed E-state index contributed by atoms with van der Waals surface area (Å²) in [7, 11) is 0. The third-order valence-electron chi connectivity index (χ3n) is 12.8. The third kappa shape index (κ3) is 9.85. The zero-order valence-corrected chi connectivity index (χ0v) is 40.2. The minimum Gasteiger partial charge on any atom is -0.416 e. The second kappa shape index (κ2) is 19.9. The summed E-state index contributed by atoms with van der Waals surface area (Å²) in [5.41, 5.74) is 17.9. The highest BCUT2D eigenvalue weighted by Crippen LogP contribution is 2.43. The monoisotopic (exact) mass is 905 g/mol. The Balaban J connectivity index is 0.963. The lowest BCUT2D eigenvalue weighted by molar-refractivity contribution is 0.412. The molecular weight excluding hydrogens is 851 g/mol. The lowest BCUT2D eigenvalue weighted by atomic mass is 9.81. The van der Waals surface area contributed by atoms with Gasteiger partial charge in [-0.2, -0.15) is 0 Å². The minimum absolute atomic E-state index is 0.0728. The zero-order valence-electron chi connectivity index (χ0n) is 40.2. The number of anilines is 3. The lowest BCUT2D eigenvalue weighted by Gasteiger charge is -2.27. The maximum atomic E-state index is 6.11. The van der Waals surface area contributed by atoms with Crippen LogP contribution in [0.5, 0.6) is 0 Å². The van der Waals surface area contributed by atoms with Gasteiger partial charge in [0.1, 0.15) is 0 Å². The molecule has 0 radical (unpaired) electrons. The van der Waals surface area contributed by atoms with E-state index in [1.165, 1.54) is 38.3 Å². The van der Waals surface area contributed by atoms with Gasteiger partial charge in [0.2, 0.25) is 11.8 Å². The number of aromatic nitrogens is 2. The molecule has 0 aliphatic carbocycles. The van der Waals surface area contributed by atoms with E-state index in [2.05, 4.69) is 256 Å². The summed E-state index contributed by atoms with van der Waals surface area (Å²) in [6, 6.07) is 79.6. The Morgan fingerprint density at radius 3 is 1.54 bits per heavy atom. The van der Waals surface area contributed by atoms with E-state index < -0.39 is 0 Å². The number of hydrogen-bond acceptors (Lipinski definition) is 4. The minimum atomic E-state index is 0.0728. The molecule has 1 aromatic heterocycles. The molecule has 0 amide bonds. The van der Waals surface area contributed by atoms with E-state index in [0.717, 1.165) is 68.0 Å². The van der Waals surface area contributed by atoms with Crippen LogP contribution in [-0.2, 0) is 6.42 Å². The maximum absolute atomic E-state index is 6.11. The van der Waals surface area contributed by atoms with Crippen LogP contribution < -0.4 is 15.3 Å². The van der Waals surface area contributed by atoms with Crippen molar-refractivity contribution in [3.05, 3.63) is 253 Å². The van der Waals surface area contributed by atoms with Crippen LogP contribution in [0.1, 0.15) is 38.8 Å². The molecule has 340 valence electrons. The molecular formula is C66H55N3O. The van der Waals surface area contributed by atoms with Crippen LogP contribution >= 0.6 is 0 Å². The largest absolute Gasteiger partial charge is 0.416 e. The Hall–Kier alpha value is -8.60. The first-order chi connectivity index (χ1) is 34.2. The van der Waals surface area contributed by atoms with E-state index >= 15 is 0 Å². The molecule has 0 atom stereocenters. The number of rotatable bonds is 12.